The SMILES string of the molecule is Cc1cc(C(=O)N(CCC2CCC3(CC2)OCCO3)Cc2ccccc2F)n[nH]1. The van der Waals surface area contributed by atoms with Gasteiger partial charge in [-0.1, -0.05) is 18.2 Å². The van der Waals surface area contributed by atoms with Crippen molar-refractivity contribution in [1.29, 1.82) is 0 Å². The Morgan fingerprint density at radius 1 is 1.28 bits per heavy atom. The summed E-state index contributed by atoms with van der Waals surface area (Å²) in [4.78, 5) is 14.7. The number of halogens is 1. The molecule has 0 atom stereocenters. The van der Waals surface area contributed by atoms with E-state index in [0.29, 0.717) is 36.9 Å². The molecule has 1 saturated heterocycles. The number of carbonyl (C=O) groups is 1. The lowest BCUT2D eigenvalue weighted by molar-refractivity contribution is -0.182. The molecule has 1 aromatic heterocycles. The fourth-order valence-corrected chi connectivity index (χ4v) is 4.30. The fourth-order valence-electron chi connectivity index (χ4n) is 4.30. The first-order chi connectivity index (χ1) is 14.0. The zero-order valence-corrected chi connectivity index (χ0v) is 16.8. The lowest BCUT2D eigenvalue weighted by Gasteiger charge is -2.36. The van der Waals surface area contributed by atoms with E-state index in [1.165, 1.54) is 6.07 Å². The van der Waals surface area contributed by atoms with Crippen LogP contribution >= 0.6 is 0 Å². The van der Waals surface area contributed by atoms with Crippen molar-refractivity contribution < 1.29 is 18.7 Å². The quantitative estimate of drug-likeness (QED) is 0.799. The van der Waals surface area contributed by atoms with Gasteiger partial charge in [0.1, 0.15) is 11.5 Å². The summed E-state index contributed by atoms with van der Waals surface area (Å²) in [7, 11) is 0. The number of H-pyrrole nitrogens is 1. The minimum Gasteiger partial charge on any atom is -0.348 e. The maximum Gasteiger partial charge on any atom is 0.274 e. The second-order valence-corrected chi connectivity index (χ2v) is 8.09. The van der Waals surface area contributed by atoms with Crippen LogP contribution in [0.1, 0.15) is 53.8 Å². The molecule has 4 rings (SSSR count). The molecule has 1 saturated carbocycles. The highest BCUT2D eigenvalue weighted by Gasteiger charge is 2.40. The van der Waals surface area contributed by atoms with Gasteiger partial charge in [0, 0.05) is 37.2 Å². The Kier molecular flexibility index (Phi) is 5.96. The molecule has 2 aliphatic rings. The van der Waals surface area contributed by atoms with Crippen molar-refractivity contribution in [3.63, 3.8) is 0 Å². The predicted molar refractivity (Wildman–Crippen MR) is 106 cm³/mol. The molecule has 0 bridgehead atoms. The zero-order chi connectivity index (χ0) is 20.3. The van der Waals surface area contributed by atoms with Crippen LogP contribution in [-0.4, -0.2) is 46.6 Å². The summed E-state index contributed by atoms with van der Waals surface area (Å²) in [6.45, 7) is 4.02. The highest BCUT2D eigenvalue weighted by molar-refractivity contribution is 5.92. The van der Waals surface area contributed by atoms with E-state index in [0.717, 1.165) is 37.8 Å². The molecule has 29 heavy (non-hydrogen) atoms. The van der Waals surface area contributed by atoms with Gasteiger partial charge in [0.15, 0.2) is 5.79 Å². The van der Waals surface area contributed by atoms with Crippen LogP contribution in [0.5, 0.6) is 0 Å². The molecular formula is C22H28FN3O3. The molecule has 2 aromatic rings. The molecule has 2 heterocycles. The Hall–Kier alpha value is -2.25. The highest BCUT2D eigenvalue weighted by Crippen LogP contribution is 2.39. The first-order valence-corrected chi connectivity index (χ1v) is 10.4. The van der Waals surface area contributed by atoms with Crippen molar-refractivity contribution in [1.82, 2.24) is 15.1 Å². The number of aromatic nitrogens is 2. The first-order valence-electron chi connectivity index (χ1n) is 10.4. The van der Waals surface area contributed by atoms with Gasteiger partial charge in [0.05, 0.1) is 13.2 Å². The minimum atomic E-state index is -0.369. The van der Waals surface area contributed by atoms with E-state index in [9.17, 15) is 9.18 Å². The van der Waals surface area contributed by atoms with Crippen molar-refractivity contribution in [3.05, 3.63) is 53.1 Å². The average molecular weight is 401 g/mol. The first kappa shape index (κ1) is 20.0. The summed E-state index contributed by atoms with van der Waals surface area (Å²) in [5, 5.41) is 6.91. The van der Waals surface area contributed by atoms with Gasteiger partial charge in [-0.05, 0) is 44.2 Å². The predicted octanol–water partition coefficient (Wildman–Crippen LogP) is 3.82. The van der Waals surface area contributed by atoms with Crippen LogP contribution in [-0.2, 0) is 16.0 Å². The van der Waals surface area contributed by atoms with Gasteiger partial charge in [-0.15, -0.1) is 0 Å². The lowest BCUT2D eigenvalue weighted by Crippen LogP contribution is -2.37. The van der Waals surface area contributed by atoms with Crippen LogP contribution in [0.15, 0.2) is 30.3 Å². The van der Waals surface area contributed by atoms with E-state index in [1.54, 1.807) is 29.2 Å². The van der Waals surface area contributed by atoms with Gasteiger partial charge in [-0.25, -0.2) is 4.39 Å². The van der Waals surface area contributed by atoms with E-state index in [4.69, 9.17) is 9.47 Å². The van der Waals surface area contributed by atoms with Gasteiger partial charge in [-0.2, -0.15) is 5.10 Å². The van der Waals surface area contributed by atoms with Crippen LogP contribution in [0.3, 0.4) is 0 Å². The smallest absolute Gasteiger partial charge is 0.274 e. The fraction of sp³-hybridized carbons (Fsp3) is 0.545. The summed E-state index contributed by atoms with van der Waals surface area (Å²) >= 11 is 0. The summed E-state index contributed by atoms with van der Waals surface area (Å²) in [6.07, 6.45) is 4.71. The van der Waals surface area contributed by atoms with E-state index in [2.05, 4.69) is 10.2 Å². The summed E-state index contributed by atoms with van der Waals surface area (Å²) in [5.74, 6) is -0.331. The number of benzene rings is 1. The second-order valence-electron chi connectivity index (χ2n) is 8.09. The Morgan fingerprint density at radius 2 is 2.00 bits per heavy atom. The lowest BCUT2D eigenvalue weighted by atomic mass is 9.83. The molecule has 1 amide bonds. The molecule has 6 nitrogen and oxygen atoms in total. The number of nitrogens with one attached hydrogen (secondary N) is 1. The molecule has 0 radical (unpaired) electrons. The van der Waals surface area contributed by atoms with Crippen LogP contribution in [0.25, 0.3) is 0 Å². The Bertz CT molecular complexity index is 837. The van der Waals surface area contributed by atoms with Crippen molar-refractivity contribution in [2.45, 2.75) is 51.4 Å². The standard InChI is InChI=1S/C22H28FN3O3/c1-16-14-20(25-24-16)21(27)26(15-18-4-2-3-5-19(18)23)11-8-17-6-9-22(10-7-17)28-12-13-29-22/h2-5,14,17H,6-13,15H2,1H3,(H,24,25). The van der Waals surface area contributed by atoms with Gasteiger partial charge in [0.2, 0.25) is 0 Å². The second kappa shape index (κ2) is 8.63. The number of aromatic amines is 1. The molecule has 2 fully saturated rings. The monoisotopic (exact) mass is 401 g/mol. The van der Waals surface area contributed by atoms with Crippen molar-refractivity contribution in [2.75, 3.05) is 19.8 Å². The Morgan fingerprint density at radius 3 is 2.66 bits per heavy atom. The molecular weight excluding hydrogens is 373 g/mol. The molecule has 1 aromatic carbocycles. The average Bonchev–Trinajstić information content (AvgIpc) is 3.37. The Labute approximate surface area is 170 Å². The molecule has 156 valence electrons. The van der Waals surface area contributed by atoms with Crippen LogP contribution < -0.4 is 0 Å². The molecule has 7 heteroatoms. The number of amides is 1. The number of aryl methyl sites for hydroxylation is 1. The zero-order valence-electron chi connectivity index (χ0n) is 16.8. The maximum absolute atomic E-state index is 14.2. The number of ether oxygens (including phenoxy) is 2. The van der Waals surface area contributed by atoms with Crippen molar-refractivity contribution >= 4 is 5.91 Å². The van der Waals surface area contributed by atoms with Crippen LogP contribution in [0.2, 0.25) is 0 Å². The van der Waals surface area contributed by atoms with Gasteiger partial charge >= 0.3 is 0 Å². The van der Waals surface area contributed by atoms with E-state index in [1.807, 2.05) is 6.92 Å². The van der Waals surface area contributed by atoms with Gasteiger partial charge in [-0.3, -0.25) is 9.89 Å². The van der Waals surface area contributed by atoms with E-state index < -0.39 is 0 Å². The molecule has 1 aliphatic heterocycles. The third-order valence-corrected chi connectivity index (χ3v) is 6.02. The number of rotatable bonds is 6. The minimum absolute atomic E-state index is 0.174. The topological polar surface area (TPSA) is 67.5 Å². The van der Waals surface area contributed by atoms with E-state index in [-0.39, 0.29) is 24.1 Å². The largest absolute Gasteiger partial charge is 0.348 e. The van der Waals surface area contributed by atoms with Crippen LogP contribution in [0, 0.1) is 18.7 Å². The van der Waals surface area contributed by atoms with Crippen LogP contribution in [0.4, 0.5) is 4.39 Å². The van der Waals surface area contributed by atoms with E-state index >= 15 is 0 Å². The number of hydrogen-bond donors (Lipinski definition) is 1. The third-order valence-electron chi connectivity index (χ3n) is 6.02. The normalized spacial score (nSPS) is 19.0. The van der Waals surface area contributed by atoms with Crippen molar-refractivity contribution in [3.8, 4) is 0 Å². The number of nitrogens with zero attached hydrogens (tertiary/aromatic N) is 2. The maximum atomic E-state index is 14.2. The third kappa shape index (κ3) is 4.67. The van der Waals surface area contributed by atoms with Crippen molar-refractivity contribution in [2.24, 2.45) is 5.92 Å². The number of carbonyl (C=O) groups excluding carboxylic acids is 1. The molecule has 0 unspecified atom stereocenters. The number of hydrogen-bond acceptors (Lipinski definition) is 4. The Balaban J connectivity index is 1.41. The summed E-state index contributed by atoms with van der Waals surface area (Å²) in [6, 6.07) is 8.34. The molecule has 1 spiro atoms. The van der Waals surface area contributed by atoms with Gasteiger partial charge < -0.3 is 14.4 Å². The van der Waals surface area contributed by atoms with Gasteiger partial charge in [0.25, 0.3) is 5.91 Å². The highest BCUT2D eigenvalue weighted by atomic mass is 19.1. The molecule has 1 N–H and O–H groups in total. The molecule has 1 aliphatic carbocycles. The summed E-state index contributed by atoms with van der Waals surface area (Å²) < 4.78 is 25.8. The summed E-state index contributed by atoms with van der Waals surface area (Å²) in [5.41, 5.74) is 1.71.